The average molecular weight is 332 g/mol. The van der Waals surface area contributed by atoms with Gasteiger partial charge in [-0.3, -0.25) is 4.98 Å². The van der Waals surface area contributed by atoms with Crippen molar-refractivity contribution < 1.29 is 9.53 Å². The summed E-state index contributed by atoms with van der Waals surface area (Å²) in [5.74, 6) is 1.22. The van der Waals surface area contributed by atoms with Gasteiger partial charge in [0, 0.05) is 39.3 Å². The van der Waals surface area contributed by atoms with Gasteiger partial charge in [-0.25, -0.2) is 4.79 Å². The van der Waals surface area contributed by atoms with E-state index in [9.17, 15) is 4.79 Å². The summed E-state index contributed by atoms with van der Waals surface area (Å²) < 4.78 is 5.72. The number of hydrogen-bond donors (Lipinski definition) is 1. The van der Waals surface area contributed by atoms with Crippen molar-refractivity contribution in [2.24, 2.45) is 11.8 Å². The summed E-state index contributed by atoms with van der Waals surface area (Å²) in [5, 5.41) is 3.03. The normalized spacial score (nSPS) is 21.8. The number of anilines is 1. The number of aromatic nitrogens is 1. The number of carbonyl (C=O) groups is 1. The van der Waals surface area contributed by atoms with Crippen molar-refractivity contribution in [3.8, 4) is 0 Å². The number of carbonyl (C=O) groups excluding carboxylic acids is 1. The molecule has 24 heavy (non-hydrogen) atoms. The van der Waals surface area contributed by atoms with Crippen LogP contribution >= 0.6 is 0 Å². The summed E-state index contributed by atoms with van der Waals surface area (Å²) in [6.07, 6.45) is 5.65. The molecule has 1 aromatic heterocycles. The summed E-state index contributed by atoms with van der Waals surface area (Å²) in [6, 6.07) is 3.91. The van der Waals surface area contributed by atoms with Crippen molar-refractivity contribution in [2.45, 2.75) is 25.8 Å². The Bertz CT molecular complexity index is 560. The van der Waals surface area contributed by atoms with Crippen molar-refractivity contribution in [3.05, 3.63) is 24.0 Å². The highest BCUT2D eigenvalue weighted by atomic mass is 16.5. The molecule has 0 spiro atoms. The number of nitrogens with zero attached hydrogens (tertiary/aromatic N) is 3. The lowest BCUT2D eigenvalue weighted by Crippen LogP contribution is -2.44. The number of ether oxygens (including phenoxy) is 1. The fourth-order valence-electron chi connectivity index (χ4n) is 3.46. The second-order valence-electron chi connectivity index (χ2n) is 6.99. The van der Waals surface area contributed by atoms with Gasteiger partial charge in [0.1, 0.15) is 0 Å². The zero-order chi connectivity index (χ0) is 16.9. The first kappa shape index (κ1) is 17.0. The Morgan fingerprint density at radius 3 is 2.96 bits per heavy atom. The van der Waals surface area contributed by atoms with Crippen LogP contribution in [0.2, 0.25) is 0 Å². The van der Waals surface area contributed by atoms with Gasteiger partial charge in [-0.2, -0.15) is 0 Å². The maximum absolute atomic E-state index is 12.6. The molecule has 1 aliphatic heterocycles. The van der Waals surface area contributed by atoms with Crippen molar-refractivity contribution in [1.82, 2.24) is 15.2 Å². The Hall–Kier alpha value is -1.82. The van der Waals surface area contributed by atoms with Gasteiger partial charge in [-0.1, -0.05) is 19.3 Å². The third-order valence-corrected chi connectivity index (χ3v) is 5.15. The molecule has 6 heteroatoms. The Labute approximate surface area is 144 Å². The lowest BCUT2D eigenvalue weighted by Gasteiger charge is -2.34. The summed E-state index contributed by atoms with van der Waals surface area (Å²) in [7, 11) is 3.97. The minimum atomic E-state index is -0.0137. The van der Waals surface area contributed by atoms with E-state index in [-0.39, 0.29) is 6.03 Å². The molecule has 0 aromatic carbocycles. The first-order chi connectivity index (χ1) is 11.6. The fraction of sp³-hybridized carbons (Fsp3) is 0.667. The van der Waals surface area contributed by atoms with Crippen LogP contribution in [0.5, 0.6) is 0 Å². The lowest BCUT2D eigenvalue weighted by atomic mass is 9.76. The molecule has 6 nitrogen and oxygen atoms in total. The van der Waals surface area contributed by atoms with Crippen LogP contribution in [0.25, 0.3) is 0 Å². The van der Waals surface area contributed by atoms with E-state index in [1.54, 1.807) is 6.20 Å². The molecule has 1 unspecified atom stereocenters. The Morgan fingerprint density at radius 1 is 1.42 bits per heavy atom. The molecule has 1 aromatic rings. The van der Waals surface area contributed by atoms with E-state index in [1.807, 2.05) is 36.0 Å². The van der Waals surface area contributed by atoms with Crippen molar-refractivity contribution in [3.63, 3.8) is 0 Å². The zero-order valence-electron chi connectivity index (χ0n) is 14.7. The van der Waals surface area contributed by atoms with Crippen molar-refractivity contribution in [1.29, 1.82) is 0 Å². The van der Waals surface area contributed by atoms with Crippen LogP contribution in [0.1, 0.15) is 25.0 Å². The quantitative estimate of drug-likeness (QED) is 0.917. The largest absolute Gasteiger partial charge is 0.379 e. The molecule has 132 valence electrons. The molecule has 1 aliphatic carbocycles. The molecule has 2 heterocycles. The lowest BCUT2D eigenvalue weighted by molar-refractivity contribution is 0.0775. The van der Waals surface area contributed by atoms with Crippen LogP contribution in [0, 0.1) is 11.8 Å². The van der Waals surface area contributed by atoms with Gasteiger partial charge in [0.15, 0.2) is 0 Å². The molecule has 2 amide bonds. The number of urea groups is 1. The number of hydrogen-bond acceptors (Lipinski definition) is 4. The Morgan fingerprint density at radius 2 is 2.25 bits per heavy atom. The highest BCUT2D eigenvalue weighted by molar-refractivity contribution is 5.74. The van der Waals surface area contributed by atoms with Gasteiger partial charge in [-0.05, 0) is 18.1 Å². The minimum absolute atomic E-state index is 0.0137. The van der Waals surface area contributed by atoms with Crippen LogP contribution in [-0.2, 0) is 11.3 Å². The molecule has 0 radical (unpaired) electrons. The SMILES string of the molecule is CN(C)c1cccnc1CNC(=O)N1CCOCC(C2CCC2)C1. The van der Waals surface area contributed by atoms with Crippen LogP contribution < -0.4 is 10.2 Å². The molecule has 2 fully saturated rings. The standard InChI is InChI=1S/C18H28N4O2/c1-21(2)17-7-4-8-19-16(17)11-20-18(23)22-9-10-24-13-15(12-22)14-5-3-6-14/h4,7-8,14-15H,3,5-6,9-13H2,1-2H3,(H,20,23). The van der Waals surface area contributed by atoms with Gasteiger partial charge < -0.3 is 19.9 Å². The molecule has 2 aliphatic rings. The molecular weight excluding hydrogens is 304 g/mol. The fourth-order valence-corrected chi connectivity index (χ4v) is 3.46. The Balaban J connectivity index is 1.57. The number of pyridine rings is 1. The summed E-state index contributed by atoms with van der Waals surface area (Å²) >= 11 is 0. The molecule has 1 atom stereocenters. The van der Waals surface area contributed by atoms with E-state index >= 15 is 0 Å². The molecule has 3 rings (SSSR count). The average Bonchev–Trinajstić information content (AvgIpc) is 2.77. The molecule has 1 N–H and O–H groups in total. The topological polar surface area (TPSA) is 57.7 Å². The van der Waals surface area contributed by atoms with Crippen LogP contribution in [0.4, 0.5) is 10.5 Å². The molecule has 1 saturated heterocycles. The monoisotopic (exact) mass is 332 g/mol. The van der Waals surface area contributed by atoms with E-state index in [1.165, 1.54) is 19.3 Å². The predicted octanol–water partition coefficient (Wildman–Crippen LogP) is 2.11. The second kappa shape index (κ2) is 7.83. The number of amides is 2. The van der Waals surface area contributed by atoms with E-state index in [2.05, 4.69) is 10.3 Å². The molecule has 0 bridgehead atoms. The molecule has 1 saturated carbocycles. The van der Waals surface area contributed by atoms with Gasteiger partial charge >= 0.3 is 6.03 Å². The van der Waals surface area contributed by atoms with Crippen LogP contribution in [0.15, 0.2) is 18.3 Å². The number of rotatable bonds is 4. The molecular formula is C18H28N4O2. The predicted molar refractivity (Wildman–Crippen MR) is 94.0 cm³/mol. The highest BCUT2D eigenvalue weighted by Gasteiger charge is 2.31. The number of nitrogens with one attached hydrogen (secondary N) is 1. The van der Waals surface area contributed by atoms with E-state index in [0.717, 1.165) is 30.5 Å². The summed E-state index contributed by atoms with van der Waals surface area (Å²) in [5.41, 5.74) is 1.92. The third-order valence-electron chi connectivity index (χ3n) is 5.15. The first-order valence-electron chi connectivity index (χ1n) is 8.87. The first-order valence-corrected chi connectivity index (χ1v) is 8.87. The zero-order valence-corrected chi connectivity index (χ0v) is 14.7. The van der Waals surface area contributed by atoms with Gasteiger partial charge in [0.25, 0.3) is 0 Å². The smallest absolute Gasteiger partial charge is 0.317 e. The van der Waals surface area contributed by atoms with Gasteiger partial charge in [-0.15, -0.1) is 0 Å². The maximum Gasteiger partial charge on any atom is 0.317 e. The Kier molecular flexibility index (Phi) is 5.56. The highest BCUT2D eigenvalue weighted by Crippen LogP contribution is 2.34. The third kappa shape index (κ3) is 3.98. The van der Waals surface area contributed by atoms with Crippen molar-refractivity contribution in [2.75, 3.05) is 45.3 Å². The van der Waals surface area contributed by atoms with Crippen molar-refractivity contribution >= 4 is 11.7 Å². The van der Waals surface area contributed by atoms with Gasteiger partial charge in [0.05, 0.1) is 31.1 Å². The summed E-state index contributed by atoms with van der Waals surface area (Å²) in [6.45, 7) is 3.33. The van der Waals surface area contributed by atoms with Crippen LogP contribution in [0.3, 0.4) is 0 Å². The van der Waals surface area contributed by atoms with E-state index < -0.39 is 0 Å². The van der Waals surface area contributed by atoms with Crippen LogP contribution in [-0.4, -0.2) is 56.3 Å². The second-order valence-corrected chi connectivity index (χ2v) is 6.99. The van der Waals surface area contributed by atoms with E-state index in [0.29, 0.717) is 25.6 Å². The van der Waals surface area contributed by atoms with E-state index in [4.69, 9.17) is 4.74 Å². The van der Waals surface area contributed by atoms with Gasteiger partial charge in [0.2, 0.25) is 0 Å². The summed E-state index contributed by atoms with van der Waals surface area (Å²) in [4.78, 5) is 20.9. The maximum atomic E-state index is 12.6. The minimum Gasteiger partial charge on any atom is -0.379 e.